The maximum atomic E-state index is 12.5. The number of carbonyl (C=O) groups is 1. The normalized spacial score (nSPS) is 11.5. The molecule has 0 spiro atoms. The van der Waals surface area contributed by atoms with E-state index >= 15 is 0 Å². The number of aliphatic imine (C=N–C) groups is 1. The minimum atomic E-state index is -4.46. The van der Waals surface area contributed by atoms with E-state index in [1.807, 2.05) is 0 Å². The fraction of sp³-hybridized carbons (Fsp3) is 0.125. The first-order valence-corrected chi connectivity index (χ1v) is 6.81. The third kappa shape index (κ3) is 4.19. The Morgan fingerprint density at radius 2 is 1.84 bits per heavy atom. The van der Waals surface area contributed by atoms with Crippen LogP contribution in [0.15, 0.2) is 47.5 Å². The molecule has 0 amide bonds. The zero-order valence-corrected chi connectivity index (χ0v) is 12.8. The van der Waals surface area contributed by atoms with Gasteiger partial charge in [0.15, 0.2) is 0 Å². The fourth-order valence-electron chi connectivity index (χ4n) is 2.02. The highest BCUT2D eigenvalue weighted by Crippen LogP contribution is 2.30. The molecule has 0 aromatic heterocycles. The highest BCUT2D eigenvalue weighted by molar-refractivity contribution is 5.99. The van der Waals surface area contributed by atoms with E-state index in [1.165, 1.54) is 18.2 Å². The highest BCUT2D eigenvalue weighted by Gasteiger charge is 2.30. The molecule has 0 bridgehead atoms. The second-order valence-corrected chi connectivity index (χ2v) is 4.79. The van der Waals surface area contributed by atoms with Crippen LogP contribution >= 0.6 is 0 Å². The first-order chi connectivity index (χ1) is 11.7. The molecule has 0 radical (unpaired) electrons. The monoisotopic (exact) mass is 352 g/mol. The van der Waals surface area contributed by atoms with Crippen LogP contribution < -0.4 is 0 Å². The minimum absolute atomic E-state index is 0.0211. The maximum Gasteiger partial charge on any atom is 0.416 e. The zero-order chi connectivity index (χ0) is 18.6. The smallest absolute Gasteiger partial charge is 0.416 e. The third-order valence-electron chi connectivity index (χ3n) is 3.20. The van der Waals surface area contributed by atoms with E-state index in [1.54, 1.807) is 0 Å². The van der Waals surface area contributed by atoms with Crippen LogP contribution in [0.1, 0.15) is 21.5 Å². The molecule has 2 rings (SSSR count). The van der Waals surface area contributed by atoms with Gasteiger partial charge in [0, 0.05) is 6.21 Å². The summed E-state index contributed by atoms with van der Waals surface area (Å²) < 4.78 is 42.0. The molecule has 25 heavy (non-hydrogen) atoms. The van der Waals surface area contributed by atoms with Crippen LogP contribution in [-0.4, -0.2) is 24.2 Å². The molecule has 0 atom stereocenters. The Balaban J connectivity index is 2.38. The van der Waals surface area contributed by atoms with Gasteiger partial charge in [0.2, 0.25) is 0 Å². The van der Waals surface area contributed by atoms with Crippen molar-refractivity contribution in [1.29, 1.82) is 0 Å². The molecule has 9 heteroatoms. The summed E-state index contributed by atoms with van der Waals surface area (Å²) in [5.74, 6) is -0.878. The van der Waals surface area contributed by atoms with Gasteiger partial charge in [-0.1, -0.05) is 6.07 Å². The van der Waals surface area contributed by atoms with Crippen LogP contribution in [0.2, 0.25) is 0 Å². The van der Waals surface area contributed by atoms with Crippen molar-refractivity contribution in [2.45, 2.75) is 6.18 Å². The van der Waals surface area contributed by atoms with Gasteiger partial charge in [-0.2, -0.15) is 13.2 Å². The Hall–Kier alpha value is -3.23. The van der Waals surface area contributed by atoms with Gasteiger partial charge in [-0.3, -0.25) is 15.1 Å². The third-order valence-corrected chi connectivity index (χ3v) is 3.20. The number of halogens is 3. The number of nitro groups is 1. The molecule has 0 unspecified atom stereocenters. The topological polar surface area (TPSA) is 81.8 Å². The van der Waals surface area contributed by atoms with Gasteiger partial charge < -0.3 is 4.74 Å². The Labute approximate surface area is 139 Å². The number of methoxy groups -OCH3 is 1. The molecule has 0 N–H and O–H groups in total. The number of nitro benzene ring substituents is 1. The molecule has 130 valence electrons. The van der Waals surface area contributed by atoms with Gasteiger partial charge >= 0.3 is 12.1 Å². The standard InChI is InChI=1S/C16H11F3N2O4/c1-25-15(22)13-4-2-3-10(14(13)21(23)24)9-20-12-7-5-11(6-8-12)16(17,18)19/h2-9H,1H3/b20-9+. The first-order valence-electron chi connectivity index (χ1n) is 6.81. The number of ether oxygens (including phenoxy) is 1. The van der Waals surface area contributed by atoms with Crippen molar-refractivity contribution in [3.63, 3.8) is 0 Å². The zero-order valence-electron chi connectivity index (χ0n) is 12.8. The van der Waals surface area contributed by atoms with Gasteiger partial charge in [-0.15, -0.1) is 0 Å². The Kier molecular flexibility index (Phi) is 5.16. The Bertz CT molecular complexity index is 830. The molecular formula is C16H11F3N2O4. The molecular weight excluding hydrogens is 341 g/mol. The summed E-state index contributed by atoms with van der Waals surface area (Å²) in [6.07, 6.45) is -3.36. The predicted molar refractivity (Wildman–Crippen MR) is 83.1 cm³/mol. The Morgan fingerprint density at radius 3 is 2.36 bits per heavy atom. The second-order valence-electron chi connectivity index (χ2n) is 4.79. The molecule has 6 nitrogen and oxygen atoms in total. The largest absolute Gasteiger partial charge is 0.465 e. The van der Waals surface area contributed by atoms with Crippen LogP contribution in [0.5, 0.6) is 0 Å². The van der Waals surface area contributed by atoms with E-state index in [-0.39, 0.29) is 16.8 Å². The van der Waals surface area contributed by atoms with Gasteiger partial charge in [0.25, 0.3) is 5.69 Å². The first kappa shape index (κ1) is 18.1. The van der Waals surface area contributed by atoms with Crippen LogP contribution in [0, 0.1) is 10.1 Å². The molecule has 0 fully saturated rings. The number of carbonyl (C=O) groups excluding carboxylic acids is 1. The number of nitrogens with zero attached hydrogens (tertiary/aromatic N) is 2. The van der Waals surface area contributed by atoms with Crippen LogP contribution in [0.25, 0.3) is 0 Å². The minimum Gasteiger partial charge on any atom is -0.465 e. The number of para-hydroxylation sites is 1. The van der Waals surface area contributed by atoms with E-state index < -0.39 is 28.3 Å². The molecule has 0 saturated heterocycles. The predicted octanol–water partition coefficient (Wildman–Crippen LogP) is 4.15. The average Bonchev–Trinajstić information content (AvgIpc) is 2.58. The summed E-state index contributed by atoms with van der Waals surface area (Å²) in [4.78, 5) is 26.0. The number of rotatable bonds is 4. The quantitative estimate of drug-likeness (QED) is 0.358. The van der Waals surface area contributed by atoms with Crippen molar-refractivity contribution in [2.24, 2.45) is 4.99 Å². The molecule has 0 aliphatic heterocycles. The lowest BCUT2D eigenvalue weighted by Crippen LogP contribution is -2.07. The SMILES string of the molecule is COC(=O)c1cccc(/C=N/c2ccc(C(F)(F)F)cc2)c1[N+](=O)[O-]. The van der Waals surface area contributed by atoms with Gasteiger partial charge in [0.05, 0.1) is 28.8 Å². The van der Waals surface area contributed by atoms with Crippen molar-refractivity contribution >= 4 is 23.6 Å². The van der Waals surface area contributed by atoms with E-state index in [2.05, 4.69) is 9.73 Å². The van der Waals surface area contributed by atoms with Gasteiger partial charge in [-0.05, 0) is 36.4 Å². The van der Waals surface area contributed by atoms with Crippen LogP contribution in [-0.2, 0) is 10.9 Å². The van der Waals surface area contributed by atoms with Crippen LogP contribution in [0.3, 0.4) is 0 Å². The molecule has 0 aliphatic carbocycles. The maximum absolute atomic E-state index is 12.5. The summed E-state index contributed by atoms with van der Waals surface area (Å²) >= 11 is 0. The molecule has 0 aliphatic rings. The van der Waals surface area contributed by atoms with Crippen molar-refractivity contribution in [2.75, 3.05) is 7.11 Å². The highest BCUT2D eigenvalue weighted by atomic mass is 19.4. The van der Waals surface area contributed by atoms with Crippen molar-refractivity contribution in [3.8, 4) is 0 Å². The van der Waals surface area contributed by atoms with Gasteiger partial charge in [0.1, 0.15) is 5.56 Å². The number of alkyl halides is 3. The Morgan fingerprint density at radius 1 is 1.20 bits per heavy atom. The molecule has 0 heterocycles. The average molecular weight is 352 g/mol. The molecule has 0 saturated carbocycles. The van der Waals surface area contributed by atoms with E-state index in [9.17, 15) is 28.1 Å². The summed E-state index contributed by atoms with van der Waals surface area (Å²) in [7, 11) is 1.09. The molecule has 2 aromatic carbocycles. The lowest BCUT2D eigenvalue weighted by atomic mass is 10.1. The summed E-state index contributed by atoms with van der Waals surface area (Å²) in [6.45, 7) is 0. The van der Waals surface area contributed by atoms with E-state index in [4.69, 9.17) is 0 Å². The fourth-order valence-corrected chi connectivity index (χ4v) is 2.02. The van der Waals surface area contributed by atoms with Crippen molar-refractivity contribution in [1.82, 2.24) is 0 Å². The van der Waals surface area contributed by atoms with E-state index in [0.717, 1.165) is 37.6 Å². The number of benzene rings is 2. The second kappa shape index (κ2) is 7.12. The lowest BCUT2D eigenvalue weighted by molar-refractivity contribution is -0.385. The molecule has 2 aromatic rings. The number of esters is 1. The summed E-state index contributed by atoms with van der Waals surface area (Å²) in [5.41, 5.74) is -1.38. The summed E-state index contributed by atoms with van der Waals surface area (Å²) in [6, 6.07) is 7.98. The van der Waals surface area contributed by atoms with E-state index in [0.29, 0.717) is 0 Å². The lowest BCUT2D eigenvalue weighted by Gasteiger charge is -2.06. The number of hydrogen-bond acceptors (Lipinski definition) is 5. The number of hydrogen-bond donors (Lipinski definition) is 0. The van der Waals surface area contributed by atoms with Gasteiger partial charge in [-0.25, -0.2) is 4.79 Å². The van der Waals surface area contributed by atoms with Crippen molar-refractivity contribution in [3.05, 3.63) is 69.3 Å². The van der Waals surface area contributed by atoms with Crippen LogP contribution in [0.4, 0.5) is 24.5 Å². The van der Waals surface area contributed by atoms with Crippen molar-refractivity contribution < 1.29 is 27.6 Å². The summed E-state index contributed by atoms with van der Waals surface area (Å²) in [5, 5.41) is 11.2.